The van der Waals surface area contributed by atoms with Crippen LogP contribution in [0.4, 0.5) is 0 Å². The van der Waals surface area contributed by atoms with Gasteiger partial charge in [0.2, 0.25) is 0 Å². The molecule has 3 rings (SSSR count). The minimum atomic E-state index is 0.407. The Morgan fingerprint density at radius 1 is 1.21 bits per heavy atom. The zero-order valence-electron chi connectivity index (χ0n) is 10.9. The fraction of sp³-hybridized carbons (Fsp3) is 0.200. The van der Waals surface area contributed by atoms with Gasteiger partial charge < -0.3 is 0 Å². The molecular weight excluding hydrogens is 258 g/mol. The van der Waals surface area contributed by atoms with E-state index in [1.807, 2.05) is 42.9 Å². The summed E-state index contributed by atoms with van der Waals surface area (Å²) in [6, 6.07) is 10.2. The number of aryl methyl sites for hydroxylation is 1. The standard InChI is InChI=1S/C15H14ClN3/c1-10-11(2)19(9-17-10)15-14-6-4-3-5-12(14)7-13(8-16)18-15/h3-7,9H,8H2,1-2H3. The van der Waals surface area contributed by atoms with E-state index in [9.17, 15) is 0 Å². The summed E-state index contributed by atoms with van der Waals surface area (Å²) in [6.07, 6.45) is 1.82. The fourth-order valence-electron chi connectivity index (χ4n) is 2.20. The third kappa shape index (κ3) is 2.00. The third-order valence-corrected chi connectivity index (χ3v) is 3.66. The van der Waals surface area contributed by atoms with Crippen molar-refractivity contribution in [1.29, 1.82) is 0 Å². The molecule has 0 saturated heterocycles. The van der Waals surface area contributed by atoms with E-state index in [4.69, 9.17) is 11.6 Å². The van der Waals surface area contributed by atoms with Crippen LogP contribution in [0.25, 0.3) is 16.6 Å². The Balaban J connectivity index is 2.36. The third-order valence-electron chi connectivity index (χ3n) is 3.39. The minimum Gasteiger partial charge on any atom is -0.287 e. The maximum absolute atomic E-state index is 5.94. The lowest BCUT2D eigenvalue weighted by Crippen LogP contribution is -2.02. The molecule has 0 fully saturated rings. The van der Waals surface area contributed by atoms with E-state index in [1.54, 1.807) is 0 Å². The highest BCUT2D eigenvalue weighted by atomic mass is 35.5. The SMILES string of the molecule is Cc1ncn(-c2nc(CCl)cc3ccccc23)c1C. The predicted octanol–water partition coefficient (Wildman–Crippen LogP) is 3.78. The maximum atomic E-state index is 5.94. The van der Waals surface area contributed by atoms with Gasteiger partial charge in [0, 0.05) is 11.1 Å². The first-order valence-corrected chi connectivity index (χ1v) is 6.69. The molecule has 0 spiro atoms. The van der Waals surface area contributed by atoms with Crippen LogP contribution in [0.3, 0.4) is 0 Å². The van der Waals surface area contributed by atoms with Crippen LogP contribution in [-0.4, -0.2) is 14.5 Å². The van der Waals surface area contributed by atoms with Crippen molar-refractivity contribution < 1.29 is 0 Å². The molecule has 0 aliphatic carbocycles. The number of alkyl halides is 1. The zero-order chi connectivity index (χ0) is 13.4. The van der Waals surface area contributed by atoms with Gasteiger partial charge in [-0.15, -0.1) is 11.6 Å². The second-order valence-electron chi connectivity index (χ2n) is 4.58. The molecule has 1 aromatic carbocycles. The lowest BCUT2D eigenvalue weighted by atomic mass is 10.1. The van der Waals surface area contributed by atoms with Crippen LogP contribution in [-0.2, 0) is 5.88 Å². The number of pyridine rings is 1. The van der Waals surface area contributed by atoms with Crippen LogP contribution in [0.15, 0.2) is 36.7 Å². The molecule has 0 aliphatic rings. The minimum absolute atomic E-state index is 0.407. The van der Waals surface area contributed by atoms with Crippen LogP contribution in [0.5, 0.6) is 0 Å². The summed E-state index contributed by atoms with van der Waals surface area (Å²) in [5.74, 6) is 1.30. The smallest absolute Gasteiger partial charge is 0.146 e. The van der Waals surface area contributed by atoms with Crippen molar-refractivity contribution in [2.24, 2.45) is 0 Å². The lowest BCUT2D eigenvalue weighted by molar-refractivity contribution is 0.948. The van der Waals surface area contributed by atoms with Gasteiger partial charge in [0.25, 0.3) is 0 Å². The number of imidazole rings is 1. The largest absolute Gasteiger partial charge is 0.287 e. The molecule has 2 heterocycles. The second kappa shape index (κ2) is 4.67. The van der Waals surface area contributed by atoms with Crippen LogP contribution >= 0.6 is 11.6 Å². The van der Waals surface area contributed by atoms with Crippen molar-refractivity contribution in [2.45, 2.75) is 19.7 Å². The summed E-state index contributed by atoms with van der Waals surface area (Å²) in [5.41, 5.74) is 2.99. The number of fused-ring (bicyclic) bond motifs is 1. The number of benzene rings is 1. The molecule has 0 radical (unpaired) electrons. The Bertz CT molecular complexity index is 746. The van der Waals surface area contributed by atoms with Crippen LogP contribution in [0.2, 0.25) is 0 Å². The van der Waals surface area contributed by atoms with Gasteiger partial charge in [-0.3, -0.25) is 4.57 Å². The van der Waals surface area contributed by atoms with Gasteiger partial charge in [0.15, 0.2) is 0 Å². The first-order valence-electron chi connectivity index (χ1n) is 6.16. The Morgan fingerprint density at radius 3 is 2.68 bits per heavy atom. The van der Waals surface area contributed by atoms with E-state index in [0.29, 0.717) is 5.88 Å². The normalized spacial score (nSPS) is 11.1. The van der Waals surface area contributed by atoms with Crippen LogP contribution in [0.1, 0.15) is 17.1 Å². The van der Waals surface area contributed by atoms with Gasteiger partial charge in [0.05, 0.1) is 17.3 Å². The number of halogens is 1. The molecule has 3 aromatic rings. The molecule has 2 aromatic heterocycles. The van der Waals surface area contributed by atoms with Gasteiger partial charge >= 0.3 is 0 Å². The Kier molecular flexibility index (Phi) is 2.99. The summed E-state index contributed by atoms with van der Waals surface area (Å²) >= 11 is 5.94. The summed E-state index contributed by atoms with van der Waals surface area (Å²) in [7, 11) is 0. The van der Waals surface area contributed by atoms with E-state index in [-0.39, 0.29) is 0 Å². The maximum Gasteiger partial charge on any atom is 0.146 e. The molecule has 0 atom stereocenters. The molecular formula is C15H14ClN3. The molecule has 4 heteroatoms. The number of hydrogen-bond donors (Lipinski definition) is 0. The Hall–Kier alpha value is -1.87. The molecule has 0 amide bonds. The van der Waals surface area contributed by atoms with Gasteiger partial charge in [-0.05, 0) is 25.3 Å². The van der Waals surface area contributed by atoms with E-state index in [2.05, 4.69) is 22.1 Å². The van der Waals surface area contributed by atoms with Gasteiger partial charge in [-0.2, -0.15) is 0 Å². The molecule has 0 unspecified atom stereocenters. The highest BCUT2D eigenvalue weighted by Gasteiger charge is 2.10. The summed E-state index contributed by atoms with van der Waals surface area (Å²) in [4.78, 5) is 9.00. The first-order chi connectivity index (χ1) is 9.20. The van der Waals surface area contributed by atoms with E-state index < -0.39 is 0 Å². The number of rotatable bonds is 2. The average molecular weight is 272 g/mol. The second-order valence-corrected chi connectivity index (χ2v) is 4.84. The van der Waals surface area contributed by atoms with E-state index >= 15 is 0 Å². The van der Waals surface area contributed by atoms with E-state index in [1.165, 1.54) is 0 Å². The first kappa shape index (κ1) is 12.2. The fourth-order valence-corrected chi connectivity index (χ4v) is 2.34. The molecule has 96 valence electrons. The molecule has 0 N–H and O–H groups in total. The Labute approximate surface area is 116 Å². The molecule has 19 heavy (non-hydrogen) atoms. The monoisotopic (exact) mass is 271 g/mol. The highest BCUT2D eigenvalue weighted by molar-refractivity contribution is 6.17. The van der Waals surface area contributed by atoms with Crippen molar-refractivity contribution in [3.05, 3.63) is 53.7 Å². The molecule has 0 saturated carbocycles. The van der Waals surface area contributed by atoms with E-state index in [0.717, 1.165) is 33.7 Å². The predicted molar refractivity (Wildman–Crippen MR) is 77.9 cm³/mol. The quantitative estimate of drug-likeness (QED) is 0.664. The van der Waals surface area contributed by atoms with Crippen molar-refractivity contribution in [3.63, 3.8) is 0 Å². The number of nitrogens with zero attached hydrogens (tertiary/aromatic N) is 3. The highest BCUT2D eigenvalue weighted by Crippen LogP contribution is 2.24. The van der Waals surface area contributed by atoms with Crippen LogP contribution in [0, 0.1) is 13.8 Å². The summed E-state index contributed by atoms with van der Waals surface area (Å²) in [6.45, 7) is 4.05. The lowest BCUT2D eigenvalue weighted by Gasteiger charge is -2.10. The van der Waals surface area contributed by atoms with Gasteiger partial charge in [0.1, 0.15) is 12.1 Å². The topological polar surface area (TPSA) is 30.7 Å². The van der Waals surface area contributed by atoms with Crippen molar-refractivity contribution in [2.75, 3.05) is 0 Å². The van der Waals surface area contributed by atoms with Crippen molar-refractivity contribution in [3.8, 4) is 5.82 Å². The zero-order valence-corrected chi connectivity index (χ0v) is 11.6. The summed E-state index contributed by atoms with van der Waals surface area (Å²) in [5, 5.41) is 2.26. The molecule has 0 bridgehead atoms. The van der Waals surface area contributed by atoms with Crippen molar-refractivity contribution >= 4 is 22.4 Å². The molecule has 0 aliphatic heterocycles. The van der Waals surface area contributed by atoms with Gasteiger partial charge in [-0.25, -0.2) is 9.97 Å². The number of aromatic nitrogens is 3. The van der Waals surface area contributed by atoms with Crippen LogP contribution < -0.4 is 0 Å². The summed E-state index contributed by atoms with van der Waals surface area (Å²) < 4.78 is 2.02. The molecule has 3 nitrogen and oxygen atoms in total. The Morgan fingerprint density at radius 2 is 2.00 bits per heavy atom. The number of hydrogen-bond acceptors (Lipinski definition) is 2. The van der Waals surface area contributed by atoms with Crippen molar-refractivity contribution in [1.82, 2.24) is 14.5 Å². The van der Waals surface area contributed by atoms with Gasteiger partial charge in [-0.1, -0.05) is 24.3 Å². The average Bonchev–Trinajstić information content (AvgIpc) is 2.78.